The molecule has 3 aliphatic heterocycles. The van der Waals surface area contributed by atoms with E-state index in [4.69, 9.17) is 28.3 Å². The summed E-state index contributed by atoms with van der Waals surface area (Å²) in [5.41, 5.74) is 0.287. The molecule has 0 bridgehead atoms. The zero-order valence-corrected chi connectivity index (χ0v) is 16.1. The molecule has 0 saturated carbocycles. The van der Waals surface area contributed by atoms with Gasteiger partial charge in [-0.05, 0) is 45.3 Å². The Morgan fingerprint density at radius 2 is 1.42 bits per heavy atom. The standard InChI is InChI=1S/C19H27BO6/c1-18(2)19(3,4)26-20(25-18)12-6-8-13(9-7-12)24-15-11-23-16-14(21-5)10-22-17(15)16/h6-9,14-17H,10-11H2,1-5H3/t14-,15-,16-,17-/m1/s1. The second kappa shape index (κ2) is 6.50. The highest BCUT2D eigenvalue weighted by atomic mass is 16.7. The minimum atomic E-state index is -0.367. The van der Waals surface area contributed by atoms with E-state index in [2.05, 4.69) is 27.7 Å². The maximum Gasteiger partial charge on any atom is 0.494 e. The van der Waals surface area contributed by atoms with Crippen LogP contribution in [0.15, 0.2) is 24.3 Å². The van der Waals surface area contributed by atoms with Crippen LogP contribution in [0.2, 0.25) is 0 Å². The topological polar surface area (TPSA) is 55.4 Å². The highest BCUT2D eigenvalue weighted by Crippen LogP contribution is 2.36. The third kappa shape index (κ3) is 3.06. The number of methoxy groups -OCH3 is 1. The molecule has 0 aliphatic carbocycles. The van der Waals surface area contributed by atoms with E-state index in [-0.39, 0.29) is 42.7 Å². The third-order valence-corrected chi connectivity index (χ3v) is 5.96. The Hall–Kier alpha value is -1.12. The molecule has 0 spiro atoms. The average molecular weight is 362 g/mol. The fourth-order valence-electron chi connectivity index (χ4n) is 3.59. The van der Waals surface area contributed by atoms with Gasteiger partial charge in [-0.2, -0.15) is 0 Å². The molecule has 3 saturated heterocycles. The first-order chi connectivity index (χ1) is 12.3. The summed E-state index contributed by atoms with van der Waals surface area (Å²) < 4.78 is 35.3. The molecule has 0 aromatic heterocycles. The van der Waals surface area contributed by atoms with E-state index in [0.29, 0.717) is 13.2 Å². The minimum Gasteiger partial charge on any atom is -0.485 e. The number of benzene rings is 1. The Balaban J connectivity index is 1.40. The largest absolute Gasteiger partial charge is 0.494 e. The molecule has 26 heavy (non-hydrogen) atoms. The van der Waals surface area contributed by atoms with Crippen LogP contribution >= 0.6 is 0 Å². The molecule has 1 aromatic carbocycles. The molecule has 4 atom stereocenters. The van der Waals surface area contributed by atoms with Gasteiger partial charge in [0.1, 0.15) is 24.1 Å². The van der Waals surface area contributed by atoms with Crippen molar-refractivity contribution in [3.63, 3.8) is 0 Å². The Kier molecular flexibility index (Phi) is 4.56. The molecule has 7 heteroatoms. The van der Waals surface area contributed by atoms with Crippen LogP contribution in [0.25, 0.3) is 0 Å². The van der Waals surface area contributed by atoms with E-state index in [9.17, 15) is 0 Å². The first-order valence-electron chi connectivity index (χ1n) is 9.19. The Labute approximate surface area is 155 Å². The van der Waals surface area contributed by atoms with Gasteiger partial charge in [-0.3, -0.25) is 0 Å². The summed E-state index contributed by atoms with van der Waals surface area (Å²) in [6.07, 6.45) is -0.265. The molecular formula is C19H27BO6. The quantitative estimate of drug-likeness (QED) is 0.758. The zero-order chi connectivity index (χ0) is 18.5. The van der Waals surface area contributed by atoms with Crippen LogP contribution in [-0.2, 0) is 23.5 Å². The van der Waals surface area contributed by atoms with Crippen molar-refractivity contribution in [2.75, 3.05) is 20.3 Å². The molecular weight excluding hydrogens is 335 g/mol. The lowest BCUT2D eigenvalue weighted by molar-refractivity contribution is -0.0138. The van der Waals surface area contributed by atoms with Crippen molar-refractivity contribution in [3.05, 3.63) is 24.3 Å². The molecule has 1 aromatic rings. The van der Waals surface area contributed by atoms with Crippen LogP contribution < -0.4 is 10.2 Å². The predicted octanol–water partition coefficient (Wildman–Crippen LogP) is 1.55. The van der Waals surface area contributed by atoms with Crippen molar-refractivity contribution < 1.29 is 28.3 Å². The van der Waals surface area contributed by atoms with E-state index in [1.54, 1.807) is 7.11 Å². The van der Waals surface area contributed by atoms with Gasteiger partial charge in [-0.15, -0.1) is 0 Å². The minimum absolute atomic E-state index is 0.0145. The molecule has 0 N–H and O–H groups in total. The summed E-state index contributed by atoms with van der Waals surface area (Å²) in [5, 5.41) is 0. The number of ether oxygens (including phenoxy) is 4. The molecule has 3 fully saturated rings. The first kappa shape index (κ1) is 18.3. The monoisotopic (exact) mass is 362 g/mol. The van der Waals surface area contributed by atoms with Crippen molar-refractivity contribution in [1.29, 1.82) is 0 Å². The first-order valence-corrected chi connectivity index (χ1v) is 9.19. The SMILES string of the molecule is CO[C@@H]1CO[C@H]2[C@@H]1OC[C@H]2Oc1ccc(B2OC(C)(C)C(C)(C)O2)cc1. The van der Waals surface area contributed by atoms with Crippen molar-refractivity contribution in [1.82, 2.24) is 0 Å². The lowest BCUT2D eigenvalue weighted by atomic mass is 9.79. The normalized spacial score (nSPS) is 34.9. The summed E-state index contributed by atoms with van der Waals surface area (Å²) in [5.74, 6) is 0.781. The molecule has 0 unspecified atom stereocenters. The van der Waals surface area contributed by atoms with E-state index in [1.807, 2.05) is 24.3 Å². The molecule has 0 radical (unpaired) electrons. The third-order valence-electron chi connectivity index (χ3n) is 5.96. The highest BCUT2D eigenvalue weighted by molar-refractivity contribution is 6.62. The van der Waals surface area contributed by atoms with Crippen LogP contribution in [0.1, 0.15) is 27.7 Å². The molecule has 0 amide bonds. The number of rotatable bonds is 4. The number of hydrogen-bond acceptors (Lipinski definition) is 6. The van der Waals surface area contributed by atoms with Crippen LogP contribution in [0.3, 0.4) is 0 Å². The molecule has 3 aliphatic rings. The van der Waals surface area contributed by atoms with Crippen LogP contribution in [0.4, 0.5) is 0 Å². The van der Waals surface area contributed by atoms with Gasteiger partial charge < -0.3 is 28.3 Å². The van der Waals surface area contributed by atoms with Gasteiger partial charge in [0, 0.05) is 7.11 Å². The van der Waals surface area contributed by atoms with Gasteiger partial charge >= 0.3 is 7.12 Å². The summed E-state index contributed by atoms with van der Waals surface area (Å²) in [4.78, 5) is 0. The lowest BCUT2D eigenvalue weighted by Crippen LogP contribution is -2.41. The van der Waals surface area contributed by atoms with Gasteiger partial charge in [-0.25, -0.2) is 0 Å². The number of fused-ring (bicyclic) bond motifs is 1. The lowest BCUT2D eigenvalue weighted by Gasteiger charge is -2.32. The van der Waals surface area contributed by atoms with E-state index >= 15 is 0 Å². The van der Waals surface area contributed by atoms with Crippen molar-refractivity contribution >= 4 is 12.6 Å². The summed E-state index contributed by atoms with van der Waals surface area (Å²) >= 11 is 0. The predicted molar refractivity (Wildman–Crippen MR) is 96.9 cm³/mol. The highest BCUT2D eigenvalue weighted by Gasteiger charge is 2.52. The maximum atomic E-state index is 6.09. The van der Waals surface area contributed by atoms with Crippen molar-refractivity contribution in [2.45, 2.75) is 63.3 Å². The fraction of sp³-hybridized carbons (Fsp3) is 0.684. The second-order valence-electron chi connectivity index (χ2n) is 8.18. The smallest absolute Gasteiger partial charge is 0.485 e. The fourth-order valence-corrected chi connectivity index (χ4v) is 3.59. The van der Waals surface area contributed by atoms with Crippen molar-refractivity contribution in [2.24, 2.45) is 0 Å². The van der Waals surface area contributed by atoms with E-state index in [1.165, 1.54) is 0 Å². The van der Waals surface area contributed by atoms with Gasteiger partial charge in [0.2, 0.25) is 0 Å². The summed E-state index contributed by atoms with van der Waals surface area (Å²) in [6, 6.07) is 7.85. The Morgan fingerprint density at radius 1 is 0.885 bits per heavy atom. The summed E-state index contributed by atoms with van der Waals surface area (Å²) in [7, 11) is 1.32. The van der Waals surface area contributed by atoms with Crippen LogP contribution in [-0.4, -0.2) is 63.1 Å². The van der Waals surface area contributed by atoms with Gasteiger partial charge in [0.25, 0.3) is 0 Å². The van der Waals surface area contributed by atoms with Crippen LogP contribution in [0, 0.1) is 0 Å². The van der Waals surface area contributed by atoms with Crippen molar-refractivity contribution in [3.8, 4) is 5.75 Å². The average Bonchev–Trinajstić information content (AvgIpc) is 3.22. The molecule has 4 rings (SSSR count). The molecule has 3 heterocycles. The van der Waals surface area contributed by atoms with Gasteiger partial charge in [-0.1, -0.05) is 12.1 Å². The zero-order valence-electron chi connectivity index (χ0n) is 16.1. The van der Waals surface area contributed by atoms with Gasteiger partial charge in [0.15, 0.2) is 6.10 Å². The van der Waals surface area contributed by atoms with Gasteiger partial charge in [0.05, 0.1) is 24.4 Å². The second-order valence-corrected chi connectivity index (χ2v) is 8.18. The summed E-state index contributed by atoms with van der Waals surface area (Å²) in [6.45, 7) is 9.26. The maximum absolute atomic E-state index is 6.09. The van der Waals surface area contributed by atoms with Crippen LogP contribution in [0.5, 0.6) is 5.75 Å². The Bertz CT molecular complexity index is 630. The molecule has 6 nitrogen and oxygen atoms in total. The van der Waals surface area contributed by atoms with E-state index in [0.717, 1.165) is 11.2 Å². The molecule has 142 valence electrons. The Morgan fingerprint density at radius 3 is 2.00 bits per heavy atom. The van der Waals surface area contributed by atoms with E-state index < -0.39 is 0 Å². The number of hydrogen-bond donors (Lipinski definition) is 0.